The van der Waals surface area contributed by atoms with E-state index >= 15 is 0 Å². The molecular formula is C17H13Cl2FN4OS2. The summed E-state index contributed by atoms with van der Waals surface area (Å²) >= 11 is 14.8. The van der Waals surface area contributed by atoms with Crippen molar-refractivity contribution in [2.24, 2.45) is 0 Å². The molecular weight excluding hydrogens is 430 g/mol. The van der Waals surface area contributed by atoms with Crippen LogP contribution in [0.5, 0.6) is 0 Å². The largest absolute Gasteiger partial charge is 0.325 e. The van der Waals surface area contributed by atoms with Crippen molar-refractivity contribution >= 4 is 63.2 Å². The van der Waals surface area contributed by atoms with Crippen molar-refractivity contribution < 1.29 is 9.18 Å². The number of amides is 2. The predicted octanol–water partition coefficient (Wildman–Crippen LogP) is 6.06. The highest BCUT2D eigenvalue weighted by Gasteiger charge is 2.10. The van der Waals surface area contributed by atoms with Crippen LogP contribution in [0.15, 0.2) is 42.5 Å². The van der Waals surface area contributed by atoms with Gasteiger partial charge in [-0.15, -0.1) is 22.0 Å². The van der Waals surface area contributed by atoms with Gasteiger partial charge in [-0.3, -0.25) is 5.32 Å². The van der Waals surface area contributed by atoms with Gasteiger partial charge in [-0.2, -0.15) is 0 Å². The summed E-state index contributed by atoms with van der Waals surface area (Å²) in [6, 6.07) is 10.7. The minimum Gasteiger partial charge on any atom is -0.306 e. The van der Waals surface area contributed by atoms with Gasteiger partial charge in [-0.25, -0.2) is 9.18 Å². The molecule has 2 N–H and O–H groups in total. The number of anilines is 2. The average Bonchev–Trinajstić information content (AvgIpc) is 3.06. The molecule has 2 aromatic carbocycles. The fourth-order valence-electron chi connectivity index (χ4n) is 2.04. The van der Waals surface area contributed by atoms with E-state index in [1.807, 2.05) is 0 Å². The molecule has 0 aliphatic heterocycles. The van der Waals surface area contributed by atoms with E-state index in [0.29, 0.717) is 26.6 Å². The Labute approximate surface area is 173 Å². The molecule has 0 aliphatic rings. The number of nitrogens with one attached hydrogen (secondary N) is 2. The molecule has 5 nitrogen and oxygen atoms in total. The maximum absolute atomic E-state index is 12.9. The third-order valence-electron chi connectivity index (χ3n) is 3.27. The van der Waals surface area contributed by atoms with Crippen LogP contribution in [0.2, 0.25) is 10.0 Å². The van der Waals surface area contributed by atoms with Crippen molar-refractivity contribution in [3.8, 4) is 0 Å². The van der Waals surface area contributed by atoms with Gasteiger partial charge in [0.25, 0.3) is 0 Å². The van der Waals surface area contributed by atoms with Crippen molar-refractivity contribution in [3.63, 3.8) is 0 Å². The monoisotopic (exact) mass is 442 g/mol. The molecule has 0 saturated carbocycles. The predicted molar refractivity (Wildman–Crippen MR) is 110 cm³/mol. The van der Waals surface area contributed by atoms with Crippen LogP contribution in [0.3, 0.4) is 0 Å². The second kappa shape index (κ2) is 9.36. The number of rotatable bonds is 6. The van der Waals surface area contributed by atoms with E-state index in [0.717, 1.165) is 16.3 Å². The highest BCUT2D eigenvalue weighted by Crippen LogP contribution is 2.26. The Morgan fingerprint density at radius 2 is 1.85 bits per heavy atom. The molecule has 0 radical (unpaired) electrons. The first-order chi connectivity index (χ1) is 13.0. The Morgan fingerprint density at radius 1 is 1.07 bits per heavy atom. The third-order valence-corrected chi connectivity index (χ3v) is 5.86. The highest BCUT2D eigenvalue weighted by molar-refractivity contribution is 7.97. The van der Waals surface area contributed by atoms with E-state index in [1.54, 1.807) is 42.1 Å². The van der Waals surface area contributed by atoms with Crippen LogP contribution >= 0.6 is 46.3 Å². The fraction of sp³-hybridized carbons (Fsp3) is 0.118. The van der Waals surface area contributed by atoms with Gasteiger partial charge in [0.15, 0.2) is 0 Å². The van der Waals surface area contributed by atoms with Crippen molar-refractivity contribution in [2.45, 2.75) is 11.5 Å². The second-order valence-electron chi connectivity index (χ2n) is 5.32. The van der Waals surface area contributed by atoms with Gasteiger partial charge in [0.05, 0.1) is 10.7 Å². The fourth-order valence-corrected chi connectivity index (χ4v) is 4.28. The van der Waals surface area contributed by atoms with Gasteiger partial charge < -0.3 is 5.32 Å². The number of carbonyl (C=O) groups is 1. The van der Waals surface area contributed by atoms with E-state index in [2.05, 4.69) is 20.8 Å². The summed E-state index contributed by atoms with van der Waals surface area (Å²) in [4.78, 5) is 12.0. The van der Waals surface area contributed by atoms with Crippen LogP contribution in [-0.2, 0) is 11.5 Å². The maximum Gasteiger partial charge on any atom is 0.325 e. The van der Waals surface area contributed by atoms with E-state index in [9.17, 15) is 9.18 Å². The summed E-state index contributed by atoms with van der Waals surface area (Å²) in [5.74, 6) is 1.13. The van der Waals surface area contributed by atoms with Crippen molar-refractivity contribution in [2.75, 3.05) is 10.6 Å². The lowest BCUT2D eigenvalue weighted by Crippen LogP contribution is -2.19. The minimum atomic E-state index is -0.471. The van der Waals surface area contributed by atoms with Gasteiger partial charge in [0.2, 0.25) is 5.13 Å². The van der Waals surface area contributed by atoms with Gasteiger partial charge in [0, 0.05) is 16.5 Å². The van der Waals surface area contributed by atoms with E-state index in [1.165, 1.54) is 23.5 Å². The number of hydrogen-bond acceptors (Lipinski definition) is 5. The molecule has 10 heteroatoms. The van der Waals surface area contributed by atoms with Gasteiger partial charge in [-0.05, 0) is 35.9 Å². The normalized spacial score (nSPS) is 10.6. The molecule has 3 rings (SSSR count). The lowest BCUT2D eigenvalue weighted by Gasteiger charge is -2.07. The van der Waals surface area contributed by atoms with Crippen molar-refractivity contribution in [1.82, 2.24) is 10.2 Å². The van der Waals surface area contributed by atoms with Crippen LogP contribution in [0.1, 0.15) is 10.6 Å². The maximum atomic E-state index is 12.9. The first-order valence-electron chi connectivity index (χ1n) is 7.67. The summed E-state index contributed by atoms with van der Waals surface area (Å²) < 4.78 is 12.9. The molecule has 2 amide bonds. The van der Waals surface area contributed by atoms with Crippen molar-refractivity contribution in [3.05, 3.63) is 68.9 Å². The zero-order valence-corrected chi connectivity index (χ0v) is 16.9. The molecule has 1 heterocycles. The summed E-state index contributed by atoms with van der Waals surface area (Å²) in [7, 11) is 0. The number of hydrogen-bond donors (Lipinski definition) is 2. The summed E-state index contributed by atoms with van der Waals surface area (Å²) in [6.07, 6.45) is 0. The Bertz CT molecular complexity index is 937. The number of halogens is 3. The van der Waals surface area contributed by atoms with Crippen LogP contribution < -0.4 is 10.6 Å². The highest BCUT2D eigenvalue weighted by atomic mass is 35.5. The minimum absolute atomic E-state index is 0.248. The van der Waals surface area contributed by atoms with Gasteiger partial charge >= 0.3 is 6.03 Å². The second-order valence-corrected chi connectivity index (χ2v) is 8.21. The number of urea groups is 1. The Morgan fingerprint density at radius 3 is 2.59 bits per heavy atom. The van der Waals surface area contributed by atoms with E-state index in [-0.39, 0.29) is 5.82 Å². The number of nitrogens with zero attached hydrogens (tertiary/aromatic N) is 2. The quantitative estimate of drug-likeness (QED) is 0.486. The van der Waals surface area contributed by atoms with Crippen LogP contribution in [-0.4, -0.2) is 16.2 Å². The van der Waals surface area contributed by atoms with Gasteiger partial charge in [0.1, 0.15) is 10.8 Å². The molecule has 27 heavy (non-hydrogen) atoms. The van der Waals surface area contributed by atoms with Gasteiger partial charge in [-0.1, -0.05) is 46.7 Å². The number of thioether (sulfide) groups is 1. The lowest BCUT2D eigenvalue weighted by atomic mass is 10.2. The van der Waals surface area contributed by atoms with E-state index < -0.39 is 6.03 Å². The zero-order valence-electron chi connectivity index (χ0n) is 13.7. The number of benzene rings is 2. The average molecular weight is 443 g/mol. The summed E-state index contributed by atoms with van der Waals surface area (Å²) in [5, 5.41) is 15.2. The standard InChI is InChI=1S/C17H13Cl2FN4OS2/c18-11-3-6-14(13(19)7-11)21-16(25)22-17-24-23-15(27-17)9-26-8-10-1-4-12(20)5-2-10/h1-7H,8-9H2,(H2,21,22,24,25). The first kappa shape index (κ1) is 19.9. The van der Waals surface area contributed by atoms with Crippen molar-refractivity contribution in [1.29, 1.82) is 0 Å². The molecule has 0 fully saturated rings. The summed E-state index contributed by atoms with van der Waals surface area (Å²) in [6.45, 7) is 0. The topological polar surface area (TPSA) is 66.9 Å². The molecule has 140 valence electrons. The molecule has 0 spiro atoms. The molecule has 3 aromatic rings. The smallest absolute Gasteiger partial charge is 0.306 e. The Hall–Kier alpha value is -1.87. The van der Waals surface area contributed by atoms with E-state index in [4.69, 9.17) is 23.2 Å². The molecule has 0 aliphatic carbocycles. The van der Waals surface area contributed by atoms with Crippen LogP contribution in [0.25, 0.3) is 0 Å². The molecule has 0 atom stereocenters. The Balaban J connectivity index is 1.48. The zero-order chi connectivity index (χ0) is 19.2. The molecule has 1 aromatic heterocycles. The number of carbonyl (C=O) groups excluding carboxylic acids is 1. The third kappa shape index (κ3) is 6.07. The SMILES string of the molecule is O=C(Nc1nnc(CSCc2ccc(F)cc2)s1)Nc1ccc(Cl)cc1Cl. The molecule has 0 bridgehead atoms. The number of aromatic nitrogens is 2. The first-order valence-corrected chi connectivity index (χ1v) is 10.4. The summed E-state index contributed by atoms with van der Waals surface area (Å²) in [5.41, 5.74) is 1.47. The van der Waals surface area contributed by atoms with Crippen LogP contribution in [0, 0.1) is 5.82 Å². The Kier molecular flexibility index (Phi) is 6.89. The van der Waals surface area contributed by atoms with Crippen LogP contribution in [0.4, 0.5) is 20.0 Å². The molecule has 0 saturated heterocycles. The lowest BCUT2D eigenvalue weighted by molar-refractivity contribution is 0.262. The molecule has 0 unspecified atom stereocenters.